The summed E-state index contributed by atoms with van der Waals surface area (Å²) in [7, 11) is 0.428. The molecule has 0 amide bonds. The molecule has 1 rings (SSSR count). The van der Waals surface area contributed by atoms with Crippen LogP contribution in [0, 0.1) is 10.8 Å². The molecule has 0 unspecified atom stereocenters. The fourth-order valence-corrected chi connectivity index (χ4v) is 6.62. The quantitative estimate of drug-likeness (QED) is 0.437. The molecule has 1 aliphatic rings. The van der Waals surface area contributed by atoms with E-state index in [0.717, 1.165) is 0 Å². The van der Waals surface area contributed by atoms with Crippen molar-refractivity contribution in [2.24, 2.45) is 10.8 Å². The van der Waals surface area contributed by atoms with E-state index < -0.39 is 8.07 Å². The Morgan fingerprint density at radius 3 is 1.50 bits per heavy atom. The average Bonchev–Trinajstić information content (AvgIpc) is 1.68. The van der Waals surface area contributed by atoms with Crippen molar-refractivity contribution in [1.29, 1.82) is 0 Å². The Morgan fingerprint density at radius 2 is 1.25 bits per heavy atom. The summed E-state index contributed by atoms with van der Waals surface area (Å²) >= 11 is 0. The highest BCUT2D eigenvalue weighted by atomic mass is 31.1. The van der Waals surface area contributed by atoms with Crippen LogP contribution >= 0.6 is 8.20 Å². The summed E-state index contributed by atoms with van der Waals surface area (Å²) in [6.45, 7) is 21.6. The van der Waals surface area contributed by atoms with Crippen LogP contribution in [-0.4, -0.2) is 13.0 Å². The molecule has 0 atom stereocenters. The van der Waals surface area contributed by atoms with Crippen LogP contribution < -0.4 is 0 Å². The molecule has 0 radical (unpaired) electrons. The van der Waals surface area contributed by atoms with Crippen molar-refractivity contribution in [1.82, 2.24) is 0 Å². The van der Waals surface area contributed by atoms with Gasteiger partial charge in [0.15, 0.2) is 0 Å². The van der Waals surface area contributed by atoms with Crippen molar-refractivity contribution in [2.45, 2.75) is 61.2 Å². The van der Waals surface area contributed by atoms with Crippen molar-refractivity contribution in [3.05, 3.63) is 10.9 Å². The van der Waals surface area contributed by atoms with E-state index in [1.54, 1.807) is 24.0 Å². The van der Waals surface area contributed by atoms with Crippen LogP contribution in [-0.2, 0) is 0 Å². The maximum atomic E-state index is 2.47. The molecule has 1 aliphatic heterocycles. The van der Waals surface area contributed by atoms with Crippen LogP contribution in [0.5, 0.6) is 0 Å². The van der Waals surface area contributed by atoms with Gasteiger partial charge in [0.1, 0.15) is 0 Å². The minimum atomic E-state index is -1.12. The third-order valence-electron chi connectivity index (χ3n) is 2.87. The summed E-state index contributed by atoms with van der Waals surface area (Å²) in [5.74, 6) is 0. The second kappa shape index (κ2) is 3.82. The standard InChI is InChI=1S/C14H27PSi/c1-13(2,3)10-11(14(4,5)6)15-12(10)16(7,8)9/h1-9H3. The van der Waals surface area contributed by atoms with Crippen molar-refractivity contribution in [3.8, 4) is 0 Å². The third-order valence-corrected chi connectivity index (χ3v) is 8.45. The highest BCUT2D eigenvalue weighted by molar-refractivity contribution is 7.58. The Balaban J connectivity index is 3.20. The van der Waals surface area contributed by atoms with E-state index >= 15 is 0 Å². The van der Waals surface area contributed by atoms with Gasteiger partial charge in [0.25, 0.3) is 0 Å². The van der Waals surface area contributed by atoms with Gasteiger partial charge in [-0.15, -0.1) is 0 Å². The first-order valence-electron chi connectivity index (χ1n) is 6.20. The van der Waals surface area contributed by atoms with Gasteiger partial charge in [0, 0.05) is 0 Å². The van der Waals surface area contributed by atoms with E-state index in [9.17, 15) is 0 Å². The maximum Gasteiger partial charge on any atom is 0.0839 e. The van der Waals surface area contributed by atoms with E-state index in [4.69, 9.17) is 0 Å². The van der Waals surface area contributed by atoms with Gasteiger partial charge in [-0.2, -0.15) is 0 Å². The minimum Gasteiger partial charge on any atom is -0.0727 e. The van der Waals surface area contributed by atoms with E-state index in [1.807, 2.05) is 0 Å². The summed E-state index contributed by atoms with van der Waals surface area (Å²) in [6, 6.07) is 0. The minimum absolute atomic E-state index is 0.323. The molecular formula is C14H27PSi. The second-order valence-corrected chi connectivity index (χ2v) is 14.5. The zero-order valence-corrected chi connectivity index (χ0v) is 14.3. The maximum absolute atomic E-state index is 2.47. The molecular weight excluding hydrogens is 227 g/mol. The Morgan fingerprint density at radius 1 is 0.812 bits per heavy atom. The first-order valence-corrected chi connectivity index (χ1v) is 10.6. The highest BCUT2D eigenvalue weighted by Gasteiger charge is 2.40. The molecule has 0 saturated carbocycles. The lowest BCUT2D eigenvalue weighted by molar-refractivity contribution is 0.478. The van der Waals surface area contributed by atoms with Gasteiger partial charge in [-0.25, -0.2) is 0 Å². The summed E-state index contributed by atoms with van der Waals surface area (Å²) in [5.41, 5.74) is 2.36. The van der Waals surface area contributed by atoms with Crippen LogP contribution in [0.1, 0.15) is 41.5 Å². The number of hydrogen-bond acceptors (Lipinski definition) is 0. The summed E-state index contributed by atoms with van der Waals surface area (Å²) in [5, 5.41) is 1.68. The molecule has 2 heteroatoms. The zero-order chi connectivity index (χ0) is 12.9. The van der Waals surface area contributed by atoms with Gasteiger partial charge < -0.3 is 0 Å². The van der Waals surface area contributed by atoms with Gasteiger partial charge in [-0.05, 0) is 26.6 Å². The molecule has 16 heavy (non-hydrogen) atoms. The normalized spacial score (nSPS) is 19.4. The lowest BCUT2D eigenvalue weighted by Gasteiger charge is -2.43. The van der Waals surface area contributed by atoms with Crippen molar-refractivity contribution < 1.29 is 0 Å². The Kier molecular flexibility index (Phi) is 3.38. The summed E-state index contributed by atoms with van der Waals surface area (Å²) in [4.78, 5) is 1.78. The molecule has 0 bridgehead atoms. The molecule has 92 valence electrons. The number of hydrogen-bond donors (Lipinski definition) is 0. The molecule has 0 spiro atoms. The summed E-state index contributed by atoms with van der Waals surface area (Å²) < 4.78 is 0. The van der Waals surface area contributed by atoms with Gasteiger partial charge in [0.05, 0.1) is 8.07 Å². The van der Waals surface area contributed by atoms with Crippen LogP contribution in [0.3, 0.4) is 0 Å². The van der Waals surface area contributed by atoms with Gasteiger partial charge >= 0.3 is 0 Å². The largest absolute Gasteiger partial charge is 0.0839 e. The topological polar surface area (TPSA) is 0 Å². The molecule has 0 fully saturated rings. The Hall–Kier alpha value is 0.127. The molecule has 0 aromatic heterocycles. The molecule has 0 aromatic carbocycles. The molecule has 0 aromatic rings. The van der Waals surface area contributed by atoms with Gasteiger partial charge in [-0.3, -0.25) is 0 Å². The molecule has 0 saturated heterocycles. The van der Waals surface area contributed by atoms with E-state index in [2.05, 4.69) is 61.2 Å². The van der Waals surface area contributed by atoms with Crippen LogP contribution in [0.25, 0.3) is 0 Å². The van der Waals surface area contributed by atoms with Gasteiger partial charge in [-0.1, -0.05) is 69.4 Å². The zero-order valence-electron chi connectivity index (χ0n) is 12.4. The monoisotopic (exact) mass is 254 g/mol. The first-order chi connectivity index (χ1) is 6.85. The second-order valence-electron chi connectivity index (χ2n) is 7.93. The Labute approximate surface area is 104 Å². The lowest BCUT2D eigenvalue weighted by atomic mass is 9.81. The Bertz CT molecular complexity index is 354. The van der Waals surface area contributed by atoms with Gasteiger partial charge in [0.2, 0.25) is 0 Å². The van der Waals surface area contributed by atoms with E-state index in [1.165, 1.54) is 0 Å². The van der Waals surface area contributed by atoms with Crippen LogP contribution in [0.2, 0.25) is 19.6 Å². The van der Waals surface area contributed by atoms with E-state index in [0.29, 0.717) is 10.8 Å². The lowest BCUT2D eigenvalue weighted by Crippen LogP contribution is -2.42. The predicted octanol–water partition coefficient (Wildman–Crippen LogP) is 5.34. The van der Waals surface area contributed by atoms with Crippen molar-refractivity contribution in [3.63, 3.8) is 0 Å². The van der Waals surface area contributed by atoms with E-state index in [-0.39, 0.29) is 0 Å². The average molecular weight is 254 g/mol. The first kappa shape index (κ1) is 14.2. The SMILES string of the molecule is CC(C)(C)C1=C(C(C)(C)C)C([Si](C)(C)C)=P1. The third kappa shape index (κ3) is 2.68. The molecule has 1 heterocycles. The number of allylic oxidation sites excluding steroid dienone is 2. The summed E-state index contributed by atoms with van der Waals surface area (Å²) in [6.07, 6.45) is 0. The van der Waals surface area contributed by atoms with Crippen LogP contribution in [0.15, 0.2) is 10.9 Å². The van der Waals surface area contributed by atoms with Crippen molar-refractivity contribution in [2.75, 3.05) is 0 Å². The highest BCUT2D eigenvalue weighted by Crippen LogP contribution is 2.52. The number of rotatable bonds is 1. The molecule has 0 aliphatic carbocycles. The fourth-order valence-electron chi connectivity index (χ4n) is 2.08. The van der Waals surface area contributed by atoms with Crippen molar-refractivity contribution >= 4 is 21.2 Å². The molecule has 0 N–H and O–H groups in total. The fraction of sp³-hybridized carbons (Fsp3) is 0.786. The predicted molar refractivity (Wildman–Crippen MR) is 81.2 cm³/mol. The molecule has 0 nitrogen and oxygen atoms in total. The van der Waals surface area contributed by atoms with Crippen LogP contribution in [0.4, 0.5) is 0 Å². The smallest absolute Gasteiger partial charge is 0.0727 e.